The monoisotopic (exact) mass is 325 g/mol. The summed E-state index contributed by atoms with van der Waals surface area (Å²) < 4.78 is 14.7. The summed E-state index contributed by atoms with van der Waals surface area (Å²) >= 11 is 0. The lowest BCUT2D eigenvalue weighted by atomic mass is 10.2. The third-order valence-electron chi connectivity index (χ3n) is 4.17. The molecule has 1 aliphatic heterocycles. The number of aromatic nitrogens is 3. The van der Waals surface area contributed by atoms with Crippen molar-refractivity contribution in [3.8, 4) is 0 Å². The van der Waals surface area contributed by atoms with Gasteiger partial charge in [-0.25, -0.2) is 13.9 Å². The number of carbonyl (C=O) groups excluding carboxylic acids is 1. The van der Waals surface area contributed by atoms with E-state index in [2.05, 4.69) is 10.1 Å². The van der Waals surface area contributed by atoms with E-state index in [0.29, 0.717) is 26.2 Å². The third-order valence-corrected chi connectivity index (χ3v) is 4.17. The molecule has 0 spiro atoms. The first-order chi connectivity index (χ1) is 11.7. The molecule has 0 unspecified atom stereocenters. The highest BCUT2D eigenvalue weighted by molar-refractivity contribution is 5.82. The van der Waals surface area contributed by atoms with Gasteiger partial charge in [-0.2, -0.15) is 5.10 Å². The number of halogens is 1. The summed E-state index contributed by atoms with van der Waals surface area (Å²) in [5.41, 5.74) is 1.69. The topological polar surface area (TPSA) is 53.7 Å². The zero-order chi connectivity index (χ0) is 16.5. The van der Waals surface area contributed by atoms with Crippen LogP contribution in [0.5, 0.6) is 0 Å². The number of hydrogen-bond acceptors (Lipinski definition) is 4. The van der Waals surface area contributed by atoms with Crippen molar-refractivity contribution in [2.45, 2.75) is 6.54 Å². The Labute approximate surface area is 138 Å². The van der Waals surface area contributed by atoms with Gasteiger partial charge in [0.1, 0.15) is 11.6 Å². The van der Waals surface area contributed by atoms with Gasteiger partial charge in [0.25, 0.3) is 0 Å². The summed E-state index contributed by atoms with van der Waals surface area (Å²) in [5.74, 6) is 0.551. The minimum absolute atomic E-state index is 0.0424. The molecule has 1 fully saturated rings. The van der Waals surface area contributed by atoms with Crippen molar-refractivity contribution in [1.29, 1.82) is 0 Å². The maximum Gasteiger partial charge on any atom is 0.242 e. The highest BCUT2D eigenvalue weighted by atomic mass is 19.1. The number of piperazine rings is 1. The summed E-state index contributed by atoms with van der Waals surface area (Å²) in [4.78, 5) is 20.7. The molecule has 1 aliphatic rings. The minimum atomic E-state index is -0.267. The van der Waals surface area contributed by atoms with E-state index in [1.807, 2.05) is 23.2 Å². The Balaban J connectivity index is 1.45. The van der Waals surface area contributed by atoms with Gasteiger partial charge in [-0.3, -0.25) is 4.79 Å². The smallest absolute Gasteiger partial charge is 0.242 e. The van der Waals surface area contributed by atoms with Crippen LogP contribution in [0.2, 0.25) is 0 Å². The van der Waals surface area contributed by atoms with E-state index in [1.54, 1.807) is 27.7 Å². The lowest BCUT2D eigenvalue weighted by molar-refractivity contribution is -0.131. The highest BCUT2D eigenvalue weighted by Crippen LogP contribution is 2.17. The van der Waals surface area contributed by atoms with Crippen LogP contribution < -0.4 is 4.90 Å². The van der Waals surface area contributed by atoms with E-state index < -0.39 is 0 Å². The van der Waals surface area contributed by atoms with Gasteiger partial charge in [0.15, 0.2) is 5.65 Å². The molecule has 0 aliphatic carbocycles. The molecule has 122 valence electrons. The number of fused-ring (bicyclic) bond motifs is 1. The normalized spacial score (nSPS) is 15.3. The maximum atomic E-state index is 13.0. The van der Waals surface area contributed by atoms with Gasteiger partial charge in [0.2, 0.25) is 5.91 Å². The molecule has 1 aromatic carbocycles. The minimum Gasteiger partial charge on any atom is -0.345 e. The summed E-state index contributed by atoms with van der Waals surface area (Å²) in [6.07, 6.45) is 3.53. The molecule has 3 aromatic rings. The van der Waals surface area contributed by atoms with E-state index in [-0.39, 0.29) is 11.7 Å². The van der Waals surface area contributed by atoms with Crippen LogP contribution >= 0.6 is 0 Å². The van der Waals surface area contributed by atoms with Crippen molar-refractivity contribution < 1.29 is 9.18 Å². The molecule has 3 heterocycles. The van der Waals surface area contributed by atoms with Gasteiger partial charge in [-0.05, 0) is 23.8 Å². The number of nitrogens with zero attached hydrogens (tertiary/aromatic N) is 5. The zero-order valence-corrected chi connectivity index (χ0v) is 13.0. The van der Waals surface area contributed by atoms with Crippen molar-refractivity contribution >= 4 is 17.4 Å². The SMILES string of the molecule is O=C1CN(c2ccn3nccc3n2)CCN1Cc1ccc(F)cc1. The number of rotatable bonds is 3. The molecule has 1 saturated heterocycles. The number of hydrogen-bond donors (Lipinski definition) is 0. The third kappa shape index (κ3) is 2.80. The van der Waals surface area contributed by atoms with Gasteiger partial charge in [-0.15, -0.1) is 0 Å². The molecule has 0 atom stereocenters. The van der Waals surface area contributed by atoms with Crippen LogP contribution in [0.3, 0.4) is 0 Å². The number of benzene rings is 1. The van der Waals surface area contributed by atoms with Crippen LogP contribution in [-0.4, -0.2) is 45.0 Å². The molecule has 0 radical (unpaired) electrons. The van der Waals surface area contributed by atoms with Gasteiger partial charge >= 0.3 is 0 Å². The second kappa shape index (κ2) is 5.92. The van der Waals surface area contributed by atoms with Crippen LogP contribution in [0.4, 0.5) is 10.2 Å². The summed E-state index contributed by atoms with van der Waals surface area (Å²) in [6.45, 7) is 2.12. The standard InChI is InChI=1S/C17H16FN5O/c18-14-3-1-13(2-4-14)11-22-10-9-21(12-17(22)24)15-6-8-23-16(20-15)5-7-19-23/h1-8H,9-12H2. The van der Waals surface area contributed by atoms with E-state index >= 15 is 0 Å². The molecular formula is C17H16FN5O. The van der Waals surface area contributed by atoms with Crippen molar-refractivity contribution in [2.75, 3.05) is 24.5 Å². The van der Waals surface area contributed by atoms with Gasteiger partial charge in [0.05, 0.1) is 12.7 Å². The molecule has 24 heavy (non-hydrogen) atoms. The molecule has 0 N–H and O–H groups in total. The quantitative estimate of drug-likeness (QED) is 0.736. The van der Waals surface area contributed by atoms with Gasteiger partial charge < -0.3 is 9.80 Å². The average Bonchev–Trinajstić information content (AvgIpc) is 3.06. The first kappa shape index (κ1) is 14.6. The zero-order valence-electron chi connectivity index (χ0n) is 13.0. The molecular weight excluding hydrogens is 309 g/mol. The first-order valence-corrected chi connectivity index (χ1v) is 7.76. The van der Waals surface area contributed by atoms with Gasteiger partial charge in [0, 0.05) is 31.9 Å². The van der Waals surface area contributed by atoms with Gasteiger partial charge in [-0.1, -0.05) is 12.1 Å². The first-order valence-electron chi connectivity index (χ1n) is 7.76. The molecule has 0 bridgehead atoms. The second-order valence-corrected chi connectivity index (χ2v) is 5.78. The van der Waals surface area contributed by atoms with E-state index in [0.717, 1.165) is 17.0 Å². The fraction of sp³-hybridized carbons (Fsp3) is 0.235. The Morgan fingerprint density at radius 2 is 1.92 bits per heavy atom. The summed E-state index contributed by atoms with van der Waals surface area (Å²) in [5, 5.41) is 4.12. The molecule has 6 nitrogen and oxygen atoms in total. The lowest BCUT2D eigenvalue weighted by Crippen LogP contribution is -2.50. The Bertz CT molecular complexity index is 876. The van der Waals surface area contributed by atoms with Crippen molar-refractivity contribution in [3.05, 3.63) is 60.2 Å². The van der Waals surface area contributed by atoms with Crippen LogP contribution in [0.15, 0.2) is 48.8 Å². The van der Waals surface area contributed by atoms with E-state index in [9.17, 15) is 9.18 Å². The molecule has 0 saturated carbocycles. The van der Waals surface area contributed by atoms with Crippen molar-refractivity contribution in [2.24, 2.45) is 0 Å². The van der Waals surface area contributed by atoms with Crippen LogP contribution in [0.1, 0.15) is 5.56 Å². The fourth-order valence-electron chi connectivity index (χ4n) is 2.86. The Morgan fingerprint density at radius 1 is 1.08 bits per heavy atom. The van der Waals surface area contributed by atoms with Crippen LogP contribution in [-0.2, 0) is 11.3 Å². The van der Waals surface area contributed by atoms with Crippen molar-refractivity contribution in [3.63, 3.8) is 0 Å². The average molecular weight is 325 g/mol. The molecule has 4 rings (SSSR count). The largest absolute Gasteiger partial charge is 0.345 e. The lowest BCUT2D eigenvalue weighted by Gasteiger charge is -2.35. The molecule has 1 amide bonds. The predicted molar refractivity (Wildman–Crippen MR) is 87.0 cm³/mol. The fourth-order valence-corrected chi connectivity index (χ4v) is 2.86. The van der Waals surface area contributed by atoms with E-state index in [4.69, 9.17) is 0 Å². The summed E-state index contributed by atoms with van der Waals surface area (Å²) in [6, 6.07) is 9.95. The second-order valence-electron chi connectivity index (χ2n) is 5.78. The Hall–Kier alpha value is -2.96. The highest BCUT2D eigenvalue weighted by Gasteiger charge is 2.25. The Kier molecular flexibility index (Phi) is 3.60. The number of carbonyl (C=O) groups is 1. The molecule has 2 aromatic heterocycles. The van der Waals surface area contributed by atoms with Crippen LogP contribution in [0, 0.1) is 5.82 Å². The number of anilines is 1. The van der Waals surface area contributed by atoms with Crippen LogP contribution in [0.25, 0.3) is 5.65 Å². The predicted octanol–water partition coefficient (Wildman–Crippen LogP) is 1.72. The number of amides is 1. The van der Waals surface area contributed by atoms with Crippen molar-refractivity contribution in [1.82, 2.24) is 19.5 Å². The maximum absolute atomic E-state index is 13.0. The van der Waals surface area contributed by atoms with E-state index in [1.165, 1.54) is 12.1 Å². The Morgan fingerprint density at radius 3 is 2.71 bits per heavy atom. The molecule has 7 heteroatoms. The summed E-state index contributed by atoms with van der Waals surface area (Å²) in [7, 11) is 0.